The van der Waals surface area contributed by atoms with Crippen LogP contribution in [0.1, 0.15) is 28.6 Å². The number of hydrogen-bond donors (Lipinski definition) is 1. The van der Waals surface area contributed by atoms with Crippen LogP contribution in [0.25, 0.3) is 0 Å². The highest BCUT2D eigenvalue weighted by Crippen LogP contribution is 2.33. The largest absolute Gasteiger partial charge is 0.497 e. The van der Waals surface area contributed by atoms with E-state index in [1.165, 1.54) is 55.1 Å². The van der Waals surface area contributed by atoms with Crippen molar-refractivity contribution in [2.45, 2.75) is 31.6 Å². The molecular formula is C31H30ClFN4O4S. The number of benzene rings is 3. The van der Waals surface area contributed by atoms with Gasteiger partial charge in [-0.25, -0.2) is 14.4 Å². The molecule has 2 amide bonds. The van der Waals surface area contributed by atoms with Gasteiger partial charge < -0.3 is 19.7 Å². The number of nitrogens with zero attached hydrogens (tertiary/aromatic N) is 3. The maximum Gasteiger partial charge on any atom is 0.251 e. The molecular weight excluding hydrogens is 579 g/mol. The first-order chi connectivity index (χ1) is 20.2. The number of anilines is 1. The Kier molecular flexibility index (Phi) is 10.4. The summed E-state index contributed by atoms with van der Waals surface area (Å²) < 4.78 is 24.7. The summed E-state index contributed by atoms with van der Waals surface area (Å²) in [4.78, 5) is 38.3. The number of aromatic nitrogens is 2. The molecule has 0 aliphatic carbocycles. The van der Waals surface area contributed by atoms with Crippen molar-refractivity contribution in [1.82, 2.24) is 14.9 Å². The van der Waals surface area contributed by atoms with E-state index < -0.39 is 17.8 Å². The number of aryl methyl sites for hydroxylation is 2. The number of rotatable bonds is 11. The Labute approximate surface area is 253 Å². The van der Waals surface area contributed by atoms with Gasteiger partial charge in [-0.05, 0) is 61.4 Å². The minimum Gasteiger partial charge on any atom is -0.497 e. The van der Waals surface area contributed by atoms with E-state index in [0.29, 0.717) is 38.5 Å². The van der Waals surface area contributed by atoms with E-state index in [-0.39, 0.29) is 18.2 Å². The summed E-state index contributed by atoms with van der Waals surface area (Å²) in [5.41, 5.74) is 2.99. The van der Waals surface area contributed by atoms with Crippen LogP contribution < -0.4 is 14.8 Å². The van der Waals surface area contributed by atoms with E-state index in [1.807, 2.05) is 19.9 Å². The fourth-order valence-electron chi connectivity index (χ4n) is 4.32. The van der Waals surface area contributed by atoms with Crippen LogP contribution in [0.5, 0.6) is 11.5 Å². The number of thioether (sulfide) groups is 1. The van der Waals surface area contributed by atoms with Gasteiger partial charge in [0.15, 0.2) is 5.16 Å². The van der Waals surface area contributed by atoms with E-state index in [4.69, 9.17) is 21.1 Å². The number of hydrogen-bond acceptors (Lipinski definition) is 7. The van der Waals surface area contributed by atoms with Crippen LogP contribution in [0.15, 0.2) is 78.0 Å². The molecule has 42 heavy (non-hydrogen) atoms. The second kappa shape index (κ2) is 14.2. The summed E-state index contributed by atoms with van der Waals surface area (Å²) in [7, 11) is 3.00. The molecule has 1 heterocycles. The SMILES string of the molecule is COc1ccc(NC(=O)[C@H](c2ccc(F)cc2)N(Cc2ccccc2Cl)C(=O)CSc2nc(C)cc(C)n2)c(OC)c1. The second-order valence-corrected chi connectivity index (χ2v) is 10.7. The van der Waals surface area contributed by atoms with Crippen molar-refractivity contribution >= 4 is 40.9 Å². The molecule has 4 aromatic rings. The molecule has 11 heteroatoms. The zero-order chi connectivity index (χ0) is 30.2. The predicted molar refractivity (Wildman–Crippen MR) is 162 cm³/mol. The predicted octanol–water partition coefficient (Wildman–Crippen LogP) is 6.40. The molecule has 1 aromatic heterocycles. The number of ether oxygens (including phenoxy) is 2. The fourth-order valence-corrected chi connectivity index (χ4v) is 5.35. The smallest absolute Gasteiger partial charge is 0.251 e. The van der Waals surface area contributed by atoms with Crippen LogP contribution in [0.2, 0.25) is 5.02 Å². The molecule has 0 aliphatic rings. The van der Waals surface area contributed by atoms with Gasteiger partial charge in [-0.15, -0.1) is 0 Å². The second-order valence-electron chi connectivity index (χ2n) is 9.34. The third kappa shape index (κ3) is 7.77. The van der Waals surface area contributed by atoms with Crippen molar-refractivity contribution < 1.29 is 23.5 Å². The molecule has 1 atom stereocenters. The summed E-state index contributed by atoms with van der Waals surface area (Å²) in [5.74, 6) is -0.508. The van der Waals surface area contributed by atoms with Crippen molar-refractivity contribution in [3.8, 4) is 11.5 Å². The van der Waals surface area contributed by atoms with Gasteiger partial charge in [-0.2, -0.15) is 0 Å². The van der Waals surface area contributed by atoms with Gasteiger partial charge in [0.1, 0.15) is 23.4 Å². The monoisotopic (exact) mass is 608 g/mol. The molecule has 0 unspecified atom stereocenters. The highest BCUT2D eigenvalue weighted by molar-refractivity contribution is 7.99. The molecule has 3 aromatic carbocycles. The lowest BCUT2D eigenvalue weighted by molar-refractivity contribution is -0.137. The molecule has 1 N–H and O–H groups in total. The maximum atomic E-state index is 14.1. The minimum atomic E-state index is -1.15. The Morgan fingerprint density at radius 3 is 2.31 bits per heavy atom. The Morgan fingerprint density at radius 2 is 1.67 bits per heavy atom. The third-order valence-electron chi connectivity index (χ3n) is 6.32. The lowest BCUT2D eigenvalue weighted by Gasteiger charge is -2.32. The number of halogens is 2. The summed E-state index contributed by atoms with van der Waals surface area (Å²) in [6.07, 6.45) is 0. The van der Waals surface area contributed by atoms with Gasteiger partial charge in [0.2, 0.25) is 5.91 Å². The molecule has 0 radical (unpaired) electrons. The van der Waals surface area contributed by atoms with Crippen molar-refractivity contribution in [1.29, 1.82) is 0 Å². The van der Waals surface area contributed by atoms with E-state index in [9.17, 15) is 14.0 Å². The van der Waals surface area contributed by atoms with Gasteiger partial charge >= 0.3 is 0 Å². The summed E-state index contributed by atoms with van der Waals surface area (Å²) in [5, 5.41) is 3.77. The summed E-state index contributed by atoms with van der Waals surface area (Å²) in [6.45, 7) is 3.72. The number of nitrogens with one attached hydrogen (secondary N) is 1. The highest BCUT2D eigenvalue weighted by atomic mass is 35.5. The van der Waals surface area contributed by atoms with Gasteiger partial charge in [0.05, 0.1) is 25.7 Å². The Morgan fingerprint density at radius 1 is 0.976 bits per heavy atom. The third-order valence-corrected chi connectivity index (χ3v) is 7.52. The van der Waals surface area contributed by atoms with Crippen LogP contribution in [-0.2, 0) is 16.1 Å². The van der Waals surface area contributed by atoms with Gasteiger partial charge in [0.25, 0.3) is 5.91 Å². The molecule has 8 nitrogen and oxygen atoms in total. The molecule has 0 bridgehead atoms. The average Bonchev–Trinajstić information content (AvgIpc) is 2.97. The highest BCUT2D eigenvalue weighted by Gasteiger charge is 2.33. The number of carbonyl (C=O) groups excluding carboxylic acids is 2. The average molecular weight is 609 g/mol. The molecule has 0 saturated carbocycles. The van der Waals surface area contributed by atoms with Crippen LogP contribution in [0, 0.1) is 19.7 Å². The lowest BCUT2D eigenvalue weighted by atomic mass is 10.0. The first-order valence-electron chi connectivity index (χ1n) is 12.9. The topological polar surface area (TPSA) is 93.7 Å². The van der Waals surface area contributed by atoms with Crippen LogP contribution >= 0.6 is 23.4 Å². The Hall–Kier alpha value is -4.15. The van der Waals surface area contributed by atoms with E-state index in [0.717, 1.165) is 11.4 Å². The molecule has 0 spiro atoms. The lowest BCUT2D eigenvalue weighted by Crippen LogP contribution is -2.42. The molecule has 0 fully saturated rings. The standard InChI is InChI=1S/C31H30ClFN4O4S/c1-19-15-20(2)35-31(34-19)42-18-28(38)37(17-22-7-5-6-8-25(22)32)29(21-9-11-23(33)12-10-21)30(39)36-26-14-13-24(40-3)16-27(26)41-4/h5-16,29H,17-18H2,1-4H3,(H,36,39)/t29-/m0/s1. The van der Waals surface area contributed by atoms with Crippen molar-refractivity contribution in [2.75, 3.05) is 25.3 Å². The Balaban J connectivity index is 1.74. The van der Waals surface area contributed by atoms with Gasteiger partial charge in [-0.3, -0.25) is 9.59 Å². The molecule has 0 saturated heterocycles. The number of amides is 2. The maximum absolute atomic E-state index is 14.1. The van der Waals surface area contributed by atoms with Crippen LogP contribution in [0.4, 0.5) is 10.1 Å². The van der Waals surface area contributed by atoms with Crippen molar-refractivity contribution in [2.24, 2.45) is 0 Å². The summed E-state index contributed by atoms with van der Waals surface area (Å²) in [6, 6.07) is 18.2. The minimum absolute atomic E-state index is 0.0159. The van der Waals surface area contributed by atoms with Gasteiger partial charge in [0, 0.05) is 29.0 Å². The van der Waals surface area contributed by atoms with Crippen molar-refractivity contribution in [3.63, 3.8) is 0 Å². The van der Waals surface area contributed by atoms with E-state index in [2.05, 4.69) is 15.3 Å². The quantitative estimate of drug-likeness (QED) is 0.155. The first-order valence-corrected chi connectivity index (χ1v) is 14.3. The molecule has 0 aliphatic heterocycles. The van der Waals surface area contributed by atoms with Crippen LogP contribution in [0.3, 0.4) is 0 Å². The van der Waals surface area contributed by atoms with Gasteiger partial charge in [-0.1, -0.05) is 53.7 Å². The summed E-state index contributed by atoms with van der Waals surface area (Å²) >= 11 is 7.66. The number of methoxy groups -OCH3 is 2. The van der Waals surface area contributed by atoms with Crippen molar-refractivity contribution in [3.05, 3.63) is 106 Å². The zero-order valence-corrected chi connectivity index (χ0v) is 25.1. The van der Waals surface area contributed by atoms with E-state index >= 15 is 0 Å². The molecule has 218 valence electrons. The Bertz CT molecular complexity index is 1550. The zero-order valence-electron chi connectivity index (χ0n) is 23.6. The first kappa shape index (κ1) is 30.8. The molecule has 4 rings (SSSR count). The number of carbonyl (C=O) groups is 2. The van der Waals surface area contributed by atoms with E-state index in [1.54, 1.807) is 42.5 Å². The fraction of sp³-hybridized carbons (Fsp3) is 0.226. The van der Waals surface area contributed by atoms with Crippen LogP contribution in [-0.4, -0.2) is 46.7 Å². The normalized spacial score (nSPS) is 11.5.